The third kappa shape index (κ3) is 38.6. The molecule has 0 spiro atoms. The van der Waals surface area contributed by atoms with Gasteiger partial charge in [-0.15, -0.1) is 0 Å². The number of hydrogen-bond donors (Lipinski definition) is 3. The van der Waals surface area contributed by atoms with Gasteiger partial charge in [0.2, 0.25) is 0 Å². The standard InChI is InChI=1S/C44H80NO10P/c1-3-5-7-9-11-13-15-17-19-20-22-24-26-28-30-32-34-36-43(47)55-40(38-53-56(50,51)54-39-41(45)44(48)49)37-52-42(46)35-33-31-29-27-25-23-21-18-16-14-12-10-8-6-4-2/h14,16-19,21,40-41H,3-13,15,20,22-39,45H2,1-2H3,(H,48,49)(H,50,51)/b16-14+,19-17+,21-18+/t40-,41+/m1/s1. The fourth-order valence-electron chi connectivity index (χ4n) is 5.87. The molecule has 0 aromatic carbocycles. The molecule has 0 aromatic heterocycles. The lowest BCUT2D eigenvalue weighted by Gasteiger charge is -2.20. The van der Waals surface area contributed by atoms with E-state index >= 15 is 0 Å². The number of ether oxygens (including phenoxy) is 2. The van der Waals surface area contributed by atoms with Crippen molar-refractivity contribution in [3.05, 3.63) is 36.5 Å². The van der Waals surface area contributed by atoms with Crippen molar-refractivity contribution in [2.24, 2.45) is 5.73 Å². The first-order valence-corrected chi connectivity index (χ1v) is 23.5. The Morgan fingerprint density at radius 3 is 1.43 bits per heavy atom. The Morgan fingerprint density at radius 2 is 0.946 bits per heavy atom. The number of rotatable bonds is 41. The Hall–Kier alpha value is -2.30. The van der Waals surface area contributed by atoms with Crippen molar-refractivity contribution < 1.29 is 47.5 Å². The first-order chi connectivity index (χ1) is 27.1. The van der Waals surface area contributed by atoms with E-state index in [4.69, 9.17) is 24.8 Å². The van der Waals surface area contributed by atoms with E-state index in [2.05, 4.69) is 54.8 Å². The Bertz CT molecular complexity index is 1100. The van der Waals surface area contributed by atoms with E-state index in [1.807, 2.05) is 0 Å². The second kappa shape index (κ2) is 39.5. The van der Waals surface area contributed by atoms with Crippen LogP contribution in [0.25, 0.3) is 0 Å². The molecule has 0 amide bonds. The summed E-state index contributed by atoms with van der Waals surface area (Å²) >= 11 is 0. The third-order valence-corrected chi connectivity index (χ3v) is 10.3. The fourth-order valence-corrected chi connectivity index (χ4v) is 6.65. The molecule has 0 saturated carbocycles. The van der Waals surface area contributed by atoms with Gasteiger partial charge in [-0.1, -0.05) is 153 Å². The van der Waals surface area contributed by atoms with Crippen molar-refractivity contribution in [2.45, 2.75) is 206 Å². The molecule has 56 heavy (non-hydrogen) atoms. The summed E-state index contributed by atoms with van der Waals surface area (Å²) in [7, 11) is -4.72. The third-order valence-electron chi connectivity index (χ3n) is 9.39. The SMILES string of the molecule is CCCCCC/C=C/C=C/CCCCCCCC(=O)OC[C@H](COP(=O)(O)OC[C@H](N)C(=O)O)OC(=O)CCCCCCCCC/C=C/CCCCCCCC. The van der Waals surface area contributed by atoms with Gasteiger partial charge in [-0.3, -0.25) is 23.4 Å². The highest BCUT2D eigenvalue weighted by atomic mass is 31.2. The lowest BCUT2D eigenvalue weighted by atomic mass is 10.1. The first-order valence-electron chi connectivity index (χ1n) is 22.0. The zero-order valence-corrected chi connectivity index (χ0v) is 36.1. The minimum atomic E-state index is -4.72. The molecule has 326 valence electrons. The number of carbonyl (C=O) groups excluding carboxylic acids is 2. The zero-order valence-electron chi connectivity index (χ0n) is 35.2. The number of unbranched alkanes of at least 4 members (excludes halogenated alkanes) is 22. The van der Waals surface area contributed by atoms with Gasteiger partial charge in [0.15, 0.2) is 6.10 Å². The minimum absolute atomic E-state index is 0.153. The molecular formula is C44H80NO10P. The number of hydrogen-bond acceptors (Lipinski definition) is 9. The molecule has 11 nitrogen and oxygen atoms in total. The van der Waals surface area contributed by atoms with Gasteiger partial charge in [0, 0.05) is 12.8 Å². The minimum Gasteiger partial charge on any atom is -0.480 e. The number of esters is 2. The van der Waals surface area contributed by atoms with Crippen LogP contribution >= 0.6 is 7.82 Å². The lowest BCUT2D eigenvalue weighted by molar-refractivity contribution is -0.161. The van der Waals surface area contributed by atoms with Gasteiger partial charge in [-0.25, -0.2) is 4.57 Å². The van der Waals surface area contributed by atoms with Gasteiger partial charge in [-0.05, 0) is 64.2 Å². The predicted molar refractivity (Wildman–Crippen MR) is 226 cm³/mol. The zero-order chi connectivity index (χ0) is 41.4. The molecule has 0 fully saturated rings. The summed E-state index contributed by atoms with van der Waals surface area (Å²) in [5.74, 6) is -2.40. The molecule has 12 heteroatoms. The molecule has 0 aromatic rings. The van der Waals surface area contributed by atoms with Crippen molar-refractivity contribution in [2.75, 3.05) is 19.8 Å². The van der Waals surface area contributed by atoms with Crippen LogP contribution in [0.15, 0.2) is 36.5 Å². The Morgan fingerprint density at radius 1 is 0.554 bits per heavy atom. The van der Waals surface area contributed by atoms with Gasteiger partial charge >= 0.3 is 25.7 Å². The van der Waals surface area contributed by atoms with Crippen LogP contribution < -0.4 is 5.73 Å². The van der Waals surface area contributed by atoms with Crippen LogP contribution in [0.1, 0.15) is 194 Å². The van der Waals surface area contributed by atoms with Crippen LogP contribution in [-0.4, -0.2) is 59.9 Å². The maximum Gasteiger partial charge on any atom is 0.472 e. The first kappa shape index (κ1) is 53.7. The second-order valence-electron chi connectivity index (χ2n) is 14.9. The number of carboxylic acids is 1. The highest BCUT2D eigenvalue weighted by Gasteiger charge is 2.28. The molecule has 1 unspecified atom stereocenters. The number of carbonyl (C=O) groups is 3. The molecule has 0 aliphatic carbocycles. The maximum atomic E-state index is 12.6. The van der Waals surface area contributed by atoms with Crippen LogP contribution in [0.4, 0.5) is 0 Å². The Balaban J connectivity index is 4.39. The molecule has 0 saturated heterocycles. The van der Waals surface area contributed by atoms with Gasteiger partial charge in [0.05, 0.1) is 13.2 Å². The summed E-state index contributed by atoms with van der Waals surface area (Å²) in [6.07, 6.45) is 42.0. The van der Waals surface area contributed by atoms with E-state index < -0.39 is 51.1 Å². The van der Waals surface area contributed by atoms with Crippen LogP contribution in [0.5, 0.6) is 0 Å². The van der Waals surface area contributed by atoms with Gasteiger partial charge in [0.1, 0.15) is 12.6 Å². The largest absolute Gasteiger partial charge is 0.480 e. The molecule has 0 bridgehead atoms. The second-order valence-corrected chi connectivity index (χ2v) is 16.3. The predicted octanol–water partition coefficient (Wildman–Crippen LogP) is 11.6. The number of allylic oxidation sites excluding steroid dienone is 6. The quantitative estimate of drug-likeness (QED) is 0.0176. The normalized spacial score (nSPS) is 14.1. The number of nitrogens with two attached hydrogens (primary N) is 1. The summed E-state index contributed by atoms with van der Waals surface area (Å²) in [5, 5.41) is 8.89. The van der Waals surface area contributed by atoms with Crippen LogP contribution in [0.3, 0.4) is 0 Å². The highest BCUT2D eigenvalue weighted by Crippen LogP contribution is 2.43. The van der Waals surface area contributed by atoms with E-state index in [0.717, 1.165) is 70.6 Å². The van der Waals surface area contributed by atoms with Crippen molar-refractivity contribution >= 4 is 25.7 Å². The van der Waals surface area contributed by atoms with Crippen molar-refractivity contribution in [1.29, 1.82) is 0 Å². The van der Waals surface area contributed by atoms with Crippen molar-refractivity contribution in [1.82, 2.24) is 0 Å². The molecular weight excluding hydrogens is 733 g/mol. The fraction of sp³-hybridized carbons (Fsp3) is 0.795. The Kier molecular flexibility index (Phi) is 37.9. The lowest BCUT2D eigenvalue weighted by Crippen LogP contribution is -2.34. The van der Waals surface area contributed by atoms with E-state index in [-0.39, 0.29) is 19.4 Å². The van der Waals surface area contributed by atoms with E-state index in [9.17, 15) is 23.8 Å². The average molecular weight is 814 g/mol. The summed E-state index contributed by atoms with van der Waals surface area (Å²) in [6.45, 7) is 2.76. The van der Waals surface area contributed by atoms with Crippen molar-refractivity contribution in [3.8, 4) is 0 Å². The number of phosphoric acid groups is 1. The molecule has 0 rings (SSSR count). The Labute approximate surface area is 340 Å². The summed E-state index contributed by atoms with van der Waals surface area (Å²) in [6, 6.07) is -1.52. The molecule has 3 atom stereocenters. The van der Waals surface area contributed by atoms with Crippen LogP contribution in [0.2, 0.25) is 0 Å². The summed E-state index contributed by atoms with van der Waals surface area (Å²) < 4.78 is 32.7. The molecule has 0 heterocycles. The molecule has 0 radical (unpaired) electrons. The number of aliphatic carboxylic acids is 1. The number of carboxylic acid groups (broad SMARTS) is 1. The van der Waals surface area contributed by atoms with Crippen LogP contribution in [-0.2, 0) is 37.5 Å². The molecule has 0 aliphatic rings. The topological polar surface area (TPSA) is 172 Å². The average Bonchev–Trinajstić information content (AvgIpc) is 3.17. The maximum absolute atomic E-state index is 12.6. The van der Waals surface area contributed by atoms with Crippen molar-refractivity contribution in [3.63, 3.8) is 0 Å². The van der Waals surface area contributed by atoms with Gasteiger partial charge < -0.3 is 25.2 Å². The van der Waals surface area contributed by atoms with Crippen LogP contribution in [0, 0.1) is 0 Å². The van der Waals surface area contributed by atoms with E-state index in [1.165, 1.54) is 83.5 Å². The highest BCUT2D eigenvalue weighted by molar-refractivity contribution is 7.47. The van der Waals surface area contributed by atoms with Gasteiger partial charge in [0.25, 0.3) is 0 Å². The monoisotopic (exact) mass is 814 g/mol. The summed E-state index contributed by atoms with van der Waals surface area (Å²) in [4.78, 5) is 45.9. The summed E-state index contributed by atoms with van der Waals surface area (Å²) in [5.41, 5.74) is 5.33. The van der Waals surface area contributed by atoms with E-state index in [0.29, 0.717) is 12.8 Å². The van der Waals surface area contributed by atoms with Gasteiger partial charge in [-0.2, -0.15) is 0 Å². The number of phosphoric ester groups is 1. The molecule has 4 N–H and O–H groups in total. The molecule has 0 aliphatic heterocycles. The smallest absolute Gasteiger partial charge is 0.472 e. The van der Waals surface area contributed by atoms with E-state index in [1.54, 1.807) is 0 Å².